The van der Waals surface area contributed by atoms with Gasteiger partial charge in [0.25, 0.3) is 0 Å². The Balaban J connectivity index is 0.00000264. The van der Waals surface area contributed by atoms with Crippen molar-refractivity contribution in [2.24, 2.45) is 5.73 Å². The van der Waals surface area contributed by atoms with Gasteiger partial charge in [0, 0.05) is 17.7 Å². The van der Waals surface area contributed by atoms with Gasteiger partial charge in [0.05, 0.1) is 5.02 Å². The van der Waals surface area contributed by atoms with E-state index in [1.165, 1.54) is 18.2 Å². The highest BCUT2D eigenvalue weighted by Gasteiger charge is 2.19. The second-order valence-corrected chi connectivity index (χ2v) is 4.91. The van der Waals surface area contributed by atoms with E-state index in [1.54, 1.807) is 0 Å². The van der Waals surface area contributed by atoms with E-state index in [0.717, 1.165) is 12.3 Å². The maximum atomic E-state index is 14.4. The molecule has 0 amide bonds. The number of ether oxygens (including phenoxy) is 1. The van der Waals surface area contributed by atoms with Crippen LogP contribution in [0.1, 0.15) is 24.9 Å². The molecule has 1 aromatic heterocycles. The lowest BCUT2D eigenvalue weighted by atomic mass is 10.0. The molecule has 0 radical (unpaired) electrons. The number of nitro groups is 1. The van der Waals surface area contributed by atoms with Crippen LogP contribution < -0.4 is 10.5 Å². The average Bonchev–Trinajstić information content (AvgIpc) is 2.51. The lowest BCUT2D eigenvalue weighted by Gasteiger charge is -2.14. The second kappa shape index (κ2) is 8.05. The first-order valence-electron chi connectivity index (χ1n) is 6.45. The van der Waals surface area contributed by atoms with E-state index in [9.17, 15) is 14.5 Å². The van der Waals surface area contributed by atoms with Gasteiger partial charge in [-0.25, -0.2) is 4.39 Å². The van der Waals surface area contributed by atoms with E-state index in [1.807, 2.05) is 6.92 Å². The fourth-order valence-electron chi connectivity index (χ4n) is 1.81. The summed E-state index contributed by atoms with van der Waals surface area (Å²) in [5.74, 6) is -1.03. The van der Waals surface area contributed by atoms with Crippen molar-refractivity contribution >= 4 is 29.8 Å². The Hall–Kier alpha value is -1.96. The van der Waals surface area contributed by atoms with E-state index >= 15 is 0 Å². The van der Waals surface area contributed by atoms with Gasteiger partial charge in [-0.3, -0.25) is 0 Å². The number of hydrogen-bond acceptors (Lipinski definition) is 5. The number of rotatable bonds is 5. The third-order valence-electron chi connectivity index (χ3n) is 3.05. The van der Waals surface area contributed by atoms with E-state index in [4.69, 9.17) is 22.1 Å². The Labute approximate surface area is 143 Å². The molecule has 2 aromatic rings. The molecule has 0 saturated heterocycles. The summed E-state index contributed by atoms with van der Waals surface area (Å²) in [7, 11) is 0. The molecule has 0 fully saturated rings. The summed E-state index contributed by atoms with van der Waals surface area (Å²) < 4.78 is 19.8. The summed E-state index contributed by atoms with van der Waals surface area (Å²) in [6.07, 6.45) is 1.68. The molecule has 23 heavy (non-hydrogen) atoms. The molecule has 1 aromatic carbocycles. The third-order valence-corrected chi connectivity index (χ3v) is 3.34. The van der Waals surface area contributed by atoms with Crippen molar-refractivity contribution in [3.05, 3.63) is 57.0 Å². The zero-order valence-corrected chi connectivity index (χ0v) is 13.6. The number of benzene rings is 1. The molecule has 6 nitrogen and oxygen atoms in total. The molecular formula is C14H14Cl2FN3O3. The molecule has 2 N–H and O–H groups in total. The molecule has 0 spiro atoms. The molecule has 124 valence electrons. The van der Waals surface area contributed by atoms with Gasteiger partial charge in [0.15, 0.2) is 23.5 Å². The van der Waals surface area contributed by atoms with Crippen LogP contribution in [0.4, 0.5) is 10.2 Å². The topological polar surface area (TPSA) is 91.3 Å². The second-order valence-electron chi connectivity index (χ2n) is 4.51. The summed E-state index contributed by atoms with van der Waals surface area (Å²) in [6.45, 7) is 1.83. The standard InChI is InChI=1S/C14H13ClFN3O3.ClH/c1-2-11(17)9-4-5-10(15)14(13(9)16)22-8-3-6-12(18-7-8)19(20)21;/h3-7,11H,2,17H2,1H3;1H/t11-;/m1./s1. The normalized spacial score (nSPS) is 11.5. The summed E-state index contributed by atoms with van der Waals surface area (Å²) in [5.41, 5.74) is 6.12. The molecule has 2 rings (SSSR count). The maximum absolute atomic E-state index is 14.4. The highest BCUT2D eigenvalue weighted by Crippen LogP contribution is 2.35. The predicted octanol–water partition coefficient (Wildman–Crippen LogP) is 4.41. The van der Waals surface area contributed by atoms with E-state index in [-0.39, 0.29) is 40.3 Å². The first kappa shape index (κ1) is 19.1. The minimum atomic E-state index is -0.653. The molecule has 0 saturated carbocycles. The molecule has 0 aliphatic heterocycles. The summed E-state index contributed by atoms with van der Waals surface area (Å²) in [6, 6.07) is 4.99. The van der Waals surface area contributed by atoms with Gasteiger partial charge in [0.2, 0.25) is 0 Å². The van der Waals surface area contributed by atoms with Crippen LogP contribution in [0.3, 0.4) is 0 Å². The molecule has 9 heteroatoms. The first-order valence-corrected chi connectivity index (χ1v) is 6.83. The van der Waals surface area contributed by atoms with E-state index in [2.05, 4.69) is 4.98 Å². The molecule has 0 aliphatic rings. The number of pyridine rings is 1. The summed E-state index contributed by atoms with van der Waals surface area (Å²) in [4.78, 5) is 13.5. The van der Waals surface area contributed by atoms with Crippen LogP contribution >= 0.6 is 24.0 Å². The predicted molar refractivity (Wildman–Crippen MR) is 86.8 cm³/mol. The maximum Gasteiger partial charge on any atom is 0.363 e. The molecule has 1 atom stereocenters. The fourth-order valence-corrected chi connectivity index (χ4v) is 1.99. The van der Waals surface area contributed by atoms with E-state index < -0.39 is 16.8 Å². The average molecular weight is 362 g/mol. The van der Waals surface area contributed by atoms with Gasteiger partial charge in [-0.2, -0.15) is 0 Å². The Morgan fingerprint density at radius 2 is 2.13 bits per heavy atom. The van der Waals surface area contributed by atoms with Gasteiger partial charge in [-0.15, -0.1) is 12.4 Å². The Morgan fingerprint density at radius 3 is 2.65 bits per heavy atom. The molecule has 0 aliphatic carbocycles. The number of halogens is 3. The lowest BCUT2D eigenvalue weighted by molar-refractivity contribution is -0.389. The minimum absolute atomic E-state index is 0. The highest BCUT2D eigenvalue weighted by molar-refractivity contribution is 6.32. The Kier molecular flexibility index (Phi) is 6.68. The van der Waals surface area contributed by atoms with Crippen LogP contribution in [0.2, 0.25) is 5.02 Å². The number of hydrogen-bond donors (Lipinski definition) is 1. The van der Waals surface area contributed by atoms with Crippen molar-refractivity contribution in [3.8, 4) is 11.5 Å². The van der Waals surface area contributed by atoms with Gasteiger partial charge >= 0.3 is 5.82 Å². The van der Waals surface area contributed by atoms with Crippen LogP contribution in [0.5, 0.6) is 11.5 Å². The van der Waals surface area contributed by atoms with Gasteiger partial charge in [-0.1, -0.05) is 24.6 Å². The largest absolute Gasteiger partial charge is 0.449 e. The van der Waals surface area contributed by atoms with Crippen molar-refractivity contribution in [3.63, 3.8) is 0 Å². The SMILES string of the molecule is CC[C@@H](N)c1ccc(Cl)c(Oc2ccc([N+](=O)[O-])nc2)c1F.Cl. The molecule has 1 heterocycles. The van der Waals surface area contributed by atoms with Crippen LogP contribution in [0.15, 0.2) is 30.5 Å². The number of nitrogens with zero attached hydrogens (tertiary/aromatic N) is 2. The van der Waals surface area contributed by atoms with Crippen molar-refractivity contribution < 1.29 is 14.1 Å². The number of nitrogens with two attached hydrogens (primary N) is 1. The third kappa shape index (κ3) is 4.28. The van der Waals surface area contributed by atoms with Crippen molar-refractivity contribution in [1.82, 2.24) is 4.98 Å². The molecular weight excluding hydrogens is 348 g/mol. The van der Waals surface area contributed by atoms with Crippen molar-refractivity contribution in [2.75, 3.05) is 0 Å². The quantitative estimate of drug-likeness (QED) is 0.629. The highest BCUT2D eigenvalue weighted by atomic mass is 35.5. The van der Waals surface area contributed by atoms with E-state index in [0.29, 0.717) is 6.42 Å². The summed E-state index contributed by atoms with van der Waals surface area (Å²) in [5, 5.41) is 10.6. The Bertz CT molecular complexity index is 698. The minimum Gasteiger partial charge on any atom is -0.449 e. The fraction of sp³-hybridized carbons (Fsp3) is 0.214. The van der Waals surface area contributed by atoms with Crippen LogP contribution in [-0.4, -0.2) is 9.91 Å². The van der Waals surface area contributed by atoms with Crippen LogP contribution in [0, 0.1) is 15.9 Å². The van der Waals surface area contributed by atoms with Gasteiger partial charge < -0.3 is 20.6 Å². The smallest absolute Gasteiger partial charge is 0.363 e. The monoisotopic (exact) mass is 361 g/mol. The lowest BCUT2D eigenvalue weighted by Crippen LogP contribution is -2.11. The summed E-state index contributed by atoms with van der Waals surface area (Å²) >= 11 is 5.95. The molecule has 0 bridgehead atoms. The number of aromatic nitrogens is 1. The van der Waals surface area contributed by atoms with Crippen molar-refractivity contribution in [1.29, 1.82) is 0 Å². The van der Waals surface area contributed by atoms with Crippen molar-refractivity contribution in [2.45, 2.75) is 19.4 Å². The zero-order chi connectivity index (χ0) is 16.3. The van der Waals surface area contributed by atoms with Crippen LogP contribution in [0.25, 0.3) is 0 Å². The first-order chi connectivity index (χ1) is 10.4. The zero-order valence-electron chi connectivity index (χ0n) is 12.0. The Morgan fingerprint density at radius 1 is 1.43 bits per heavy atom. The molecule has 0 unspecified atom stereocenters. The van der Waals surface area contributed by atoms with Crippen LogP contribution in [-0.2, 0) is 0 Å². The van der Waals surface area contributed by atoms with Gasteiger partial charge in [0.1, 0.15) is 0 Å². The van der Waals surface area contributed by atoms with Gasteiger partial charge in [-0.05, 0) is 28.5 Å².